The third-order valence-corrected chi connectivity index (χ3v) is 4.39. The smallest absolute Gasteiger partial charge is 0.144 e. The fourth-order valence-electron chi connectivity index (χ4n) is 1.85. The van der Waals surface area contributed by atoms with Crippen LogP contribution in [0.5, 0.6) is 0 Å². The van der Waals surface area contributed by atoms with E-state index in [1.165, 1.54) is 6.07 Å². The van der Waals surface area contributed by atoms with Crippen molar-refractivity contribution in [3.8, 4) is 11.4 Å². The van der Waals surface area contributed by atoms with Crippen LogP contribution in [0.1, 0.15) is 32.0 Å². The van der Waals surface area contributed by atoms with Gasteiger partial charge >= 0.3 is 0 Å². The number of aryl methyl sites for hydroxylation is 1. The second-order valence-electron chi connectivity index (χ2n) is 5.79. The molecule has 5 heteroatoms. The van der Waals surface area contributed by atoms with Crippen LogP contribution in [0.4, 0.5) is 4.39 Å². The number of benzene rings is 1. The van der Waals surface area contributed by atoms with E-state index in [2.05, 4.69) is 46.7 Å². The maximum atomic E-state index is 13.7. The van der Waals surface area contributed by atoms with E-state index in [0.717, 1.165) is 10.2 Å². The Kier molecular flexibility index (Phi) is 4.12. The highest BCUT2D eigenvalue weighted by Gasteiger charge is 2.20. The van der Waals surface area contributed by atoms with Gasteiger partial charge in [0.25, 0.3) is 0 Å². The molecule has 0 aliphatic carbocycles. The average molecular weight is 355 g/mol. The minimum absolute atomic E-state index is 0.118. The molecule has 0 radical (unpaired) electrons. The summed E-state index contributed by atoms with van der Waals surface area (Å²) in [6.07, 6.45) is 0. The second-order valence-corrected chi connectivity index (χ2v) is 6.97. The van der Waals surface area contributed by atoms with Gasteiger partial charge in [0.05, 0.1) is 4.47 Å². The zero-order valence-corrected chi connectivity index (χ0v) is 14.2. The molecule has 2 rings (SSSR count). The van der Waals surface area contributed by atoms with E-state index < -0.39 is 0 Å². The van der Waals surface area contributed by atoms with Crippen LogP contribution in [0.3, 0.4) is 0 Å². The van der Waals surface area contributed by atoms with Gasteiger partial charge in [-0.15, -0.1) is 0 Å². The van der Waals surface area contributed by atoms with E-state index in [9.17, 15) is 4.39 Å². The summed E-state index contributed by atoms with van der Waals surface area (Å²) in [5.41, 5.74) is 2.14. The van der Waals surface area contributed by atoms with Crippen molar-refractivity contribution in [3.05, 3.63) is 44.4 Å². The van der Waals surface area contributed by atoms with Crippen LogP contribution in [0.2, 0.25) is 0 Å². The molecule has 1 N–H and O–H groups in total. The summed E-state index contributed by atoms with van der Waals surface area (Å²) in [4.78, 5) is 7.60. The number of halogens is 2. The Morgan fingerprint density at radius 2 is 1.95 bits per heavy atom. The van der Waals surface area contributed by atoms with Crippen molar-refractivity contribution in [3.63, 3.8) is 0 Å². The largest absolute Gasteiger partial charge is 0.342 e. The van der Waals surface area contributed by atoms with Gasteiger partial charge in [-0.1, -0.05) is 45.1 Å². The first-order valence-electron chi connectivity index (χ1n) is 6.27. The van der Waals surface area contributed by atoms with Gasteiger partial charge in [-0.2, -0.15) is 0 Å². The molecular weight excluding hydrogens is 339 g/mol. The van der Waals surface area contributed by atoms with Gasteiger partial charge in [0.1, 0.15) is 16.3 Å². The number of hydrogen-bond acceptors (Lipinski definition) is 2. The van der Waals surface area contributed by atoms with E-state index in [1.807, 2.05) is 6.07 Å². The van der Waals surface area contributed by atoms with E-state index in [4.69, 9.17) is 12.2 Å². The number of nitrogens with zero attached hydrogens (tertiary/aromatic N) is 1. The Morgan fingerprint density at radius 3 is 2.50 bits per heavy atom. The molecule has 0 saturated heterocycles. The van der Waals surface area contributed by atoms with E-state index in [-0.39, 0.29) is 11.2 Å². The number of H-pyrrole nitrogens is 1. The lowest BCUT2D eigenvalue weighted by molar-refractivity contribution is 0.563. The maximum absolute atomic E-state index is 13.7. The standard InChI is InChI=1S/C15H16BrFN2S/c1-8-5-6-9(7-10(8)17)13-18-12(15(2,3)4)11(16)14(20)19-13/h5-7H,1-4H3,(H,18,19,20). The molecule has 0 aliphatic rings. The molecule has 0 unspecified atom stereocenters. The molecule has 0 atom stereocenters. The number of aromatic amines is 1. The van der Waals surface area contributed by atoms with Gasteiger partial charge in [0.2, 0.25) is 0 Å². The topological polar surface area (TPSA) is 28.7 Å². The van der Waals surface area contributed by atoms with Crippen molar-refractivity contribution < 1.29 is 4.39 Å². The summed E-state index contributed by atoms with van der Waals surface area (Å²) in [6.45, 7) is 7.98. The molecule has 1 aromatic carbocycles. The van der Waals surface area contributed by atoms with Crippen LogP contribution >= 0.6 is 28.1 Å². The van der Waals surface area contributed by atoms with Crippen molar-refractivity contribution in [2.45, 2.75) is 33.1 Å². The maximum Gasteiger partial charge on any atom is 0.144 e. The lowest BCUT2D eigenvalue weighted by Gasteiger charge is -2.21. The molecule has 0 bridgehead atoms. The highest BCUT2D eigenvalue weighted by molar-refractivity contribution is 9.10. The molecule has 0 spiro atoms. The van der Waals surface area contributed by atoms with Crippen LogP contribution in [0, 0.1) is 17.4 Å². The van der Waals surface area contributed by atoms with Crippen molar-refractivity contribution in [1.82, 2.24) is 9.97 Å². The first-order chi connectivity index (χ1) is 9.20. The van der Waals surface area contributed by atoms with Gasteiger partial charge in [-0.05, 0) is 34.5 Å². The summed E-state index contributed by atoms with van der Waals surface area (Å²) < 4.78 is 15.0. The lowest BCUT2D eigenvalue weighted by Crippen LogP contribution is -2.16. The van der Waals surface area contributed by atoms with Crippen molar-refractivity contribution >= 4 is 28.1 Å². The van der Waals surface area contributed by atoms with Gasteiger partial charge < -0.3 is 4.98 Å². The van der Waals surface area contributed by atoms with Crippen molar-refractivity contribution in [2.24, 2.45) is 0 Å². The molecule has 2 nitrogen and oxygen atoms in total. The highest BCUT2D eigenvalue weighted by Crippen LogP contribution is 2.30. The fourth-order valence-corrected chi connectivity index (χ4v) is 2.83. The molecule has 0 saturated carbocycles. The Balaban J connectivity index is 2.67. The third-order valence-electron chi connectivity index (χ3n) is 3.06. The SMILES string of the molecule is Cc1ccc(-c2nc(=S)c(Br)c(C(C)(C)C)[nH]2)cc1F. The molecule has 20 heavy (non-hydrogen) atoms. The first-order valence-corrected chi connectivity index (χ1v) is 7.47. The summed E-state index contributed by atoms with van der Waals surface area (Å²) >= 11 is 8.76. The highest BCUT2D eigenvalue weighted by atomic mass is 79.9. The third kappa shape index (κ3) is 2.99. The normalized spacial score (nSPS) is 11.7. The van der Waals surface area contributed by atoms with E-state index in [1.54, 1.807) is 13.0 Å². The van der Waals surface area contributed by atoms with E-state index in [0.29, 0.717) is 21.6 Å². The van der Waals surface area contributed by atoms with Gasteiger partial charge in [-0.25, -0.2) is 9.37 Å². The van der Waals surface area contributed by atoms with Crippen LogP contribution in [-0.4, -0.2) is 9.97 Å². The Morgan fingerprint density at radius 1 is 1.30 bits per heavy atom. The number of aromatic nitrogens is 2. The van der Waals surface area contributed by atoms with Gasteiger partial charge in [0.15, 0.2) is 0 Å². The molecule has 1 aromatic heterocycles. The summed E-state index contributed by atoms with van der Waals surface area (Å²) in [7, 11) is 0. The minimum Gasteiger partial charge on any atom is -0.342 e. The van der Waals surface area contributed by atoms with Gasteiger partial charge in [-0.3, -0.25) is 0 Å². The number of nitrogens with one attached hydrogen (secondary N) is 1. The monoisotopic (exact) mass is 354 g/mol. The molecule has 106 valence electrons. The zero-order valence-electron chi connectivity index (χ0n) is 11.8. The Labute approximate surface area is 131 Å². The molecule has 0 aliphatic heterocycles. The predicted octanol–water partition coefficient (Wildman–Crippen LogP) is 5.31. The summed E-state index contributed by atoms with van der Waals surface area (Å²) in [6, 6.07) is 5.05. The van der Waals surface area contributed by atoms with Crippen molar-refractivity contribution in [1.29, 1.82) is 0 Å². The molecule has 0 fully saturated rings. The average Bonchev–Trinajstić information content (AvgIpc) is 2.34. The van der Waals surface area contributed by atoms with Crippen molar-refractivity contribution in [2.75, 3.05) is 0 Å². The number of rotatable bonds is 1. The Hall–Kier alpha value is -1.07. The zero-order chi connectivity index (χ0) is 15.1. The van der Waals surface area contributed by atoms with Crippen LogP contribution < -0.4 is 0 Å². The quantitative estimate of drug-likeness (QED) is 0.702. The lowest BCUT2D eigenvalue weighted by atomic mass is 9.92. The van der Waals surface area contributed by atoms with Crippen LogP contribution in [-0.2, 0) is 5.41 Å². The van der Waals surface area contributed by atoms with Crippen LogP contribution in [0.25, 0.3) is 11.4 Å². The molecule has 1 heterocycles. The number of hydrogen-bond donors (Lipinski definition) is 1. The minimum atomic E-state index is -0.246. The van der Waals surface area contributed by atoms with Gasteiger partial charge in [0, 0.05) is 16.7 Å². The van der Waals surface area contributed by atoms with E-state index >= 15 is 0 Å². The molecular formula is C15H16BrFN2S. The fraction of sp³-hybridized carbons (Fsp3) is 0.333. The second kappa shape index (κ2) is 5.37. The summed E-state index contributed by atoms with van der Waals surface area (Å²) in [5.74, 6) is 0.339. The first kappa shape index (κ1) is 15.3. The summed E-state index contributed by atoms with van der Waals surface area (Å²) in [5, 5.41) is 0. The predicted molar refractivity (Wildman–Crippen MR) is 86.0 cm³/mol. The van der Waals surface area contributed by atoms with Crippen LogP contribution in [0.15, 0.2) is 22.7 Å². The molecule has 2 aromatic rings. The molecule has 0 amide bonds. The Bertz CT molecular complexity index is 717.